The minimum Gasteiger partial charge on any atom is -0.507 e. The van der Waals surface area contributed by atoms with Crippen LogP contribution in [-0.2, 0) is 14.3 Å². The number of nitrogens with one attached hydrogen (secondary N) is 2. The van der Waals surface area contributed by atoms with Crippen LogP contribution >= 0.6 is 0 Å². The topological polar surface area (TPSA) is 105 Å². The van der Waals surface area contributed by atoms with Gasteiger partial charge in [-0.05, 0) is 60.2 Å². The number of hydrogen-bond acceptors (Lipinski definition) is 5. The smallest absolute Gasteiger partial charge is 0.342 e. The summed E-state index contributed by atoms with van der Waals surface area (Å²) < 4.78 is 5.33. The van der Waals surface area contributed by atoms with Gasteiger partial charge >= 0.3 is 5.97 Å². The van der Waals surface area contributed by atoms with Crippen LogP contribution in [0.3, 0.4) is 0 Å². The largest absolute Gasteiger partial charge is 0.507 e. The molecule has 0 aliphatic carbocycles. The molecular formula is C24H30N2O5. The predicted molar refractivity (Wildman–Crippen MR) is 121 cm³/mol. The van der Waals surface area contributed by atoms with Crippen LogP contribution in [0.25, 0.3) is 0 Å². The Morgan fingerprint density at radius 1 is 0.871 bits per heavy atom. The quantitative estimate of drug-likeness (QED) is 0.553. The lowest BCUT2D eigenvalue weighted by Crippen LogP contribution is -2.30. The van der Waals surface area contributed by atoms with Gasteiger partial charge in [0.15, 0.2) is 6.10 Å². The number of carbonyl (C=O) groups excluding carboxylic acids is 3. The van der Waals surface area contributed by atoms with Gasteiger partial charge in [-0.3, -0.25) is 9.59 Å². The van der Waals surface area contributed by atoms with E-state index < -0.39 is 18.0 Å². The van der Waals surface area contributed by atoms with E-state index in [9.17, 15) is 19.5 Å². The summed E-state index contributed by atoms with van der Waals surface area (Å²) in [7, 11) is 0. The van der Waals surface area contributed by atoms with Crippen LogP contribution in [0.2, 0.25) is 0 Å². The van der Waals surface area contributed by atoms with E-state index in [0.717, 1.165) is 5.56 Å². The van der Waals surface area contributed by atoms with Crippen LogP contribution in [0.5, 0.6) is 5.75 Å². The van der Waals surface area contributed by atoms with E-state index in [1.807, 2.05) is 33.8 Å². The lowest BCUT2D eigenvalue weighted by molar-refractivity contribution is -0.123. The third kappa shape index (κ3) is 6.31. The Hall–Kier alpha value is -3.35. The van der Waals surface area contributed by atoms with Crippen LogP contribution in [0.4, 0.5) is 11.4 Å². The van der Waals surface area contributed by atoms with Crippen molar-refractivity contribution in [3.8, 4) is 5.75 Å². The standard InChI is InChI=1S/C24H30N2O5/c1-13(2)17-11-20(14(3)4)22(28)21(12-17)24(30)31-15(5)23(29)26-19-9-7-18(8-10-19)25-16(6)27/h7-15,28H,1-6H3,(H,25,27)(H,26,29). The number of ether oxygens (including phenoxy) is 1. The number of amides is 2. The second kappa shape index (κ2) is 10.1. The second-order valence-electron chi connectivity index (χ2n) is 8.11. The summed E-state index contributed by atoms with van der Waals surface area (Å²) in [5, 5.41) is 15.9. The highest BCUT2D eigenvalue weighted by atomic mass is 16.5. The molecule has 31 heavy (non-hydrogen) atoms. The van der Waals surface area contributed by atoms with Crippen molar-refractivity contribution in [1.82, 2.24) is 0 Å². The molecule has 1 atom stereocenters. The molecule has 0 heterocycles. The van der Waals surface area contributed by atoms with Gasteiger partial charge in [0.1, 0.15) is 11.3 Å². The molecule has 2 rings (SSSR count). The van der Waals surface area contributed by atoms with Crippen molar-refractivity contribution in [3.05, 3.63) is 53.1 Å². The Balaban J connectivity index is 2.12. The third-order valence-corrected chi connectivity index (χ3v) is 4.80. The number of phenols is 1. The van der Waals surface area contributed by atoms with E-state index in [1.54, 1.807) is 30.3 Å². The second-order valence-corrected chi connectivity index (χ2v) is 8.11. The molecule has 166 valence electrons. The highest BCUT2D eigenvalue weighted by molar-refractivity contribution is 5.99. The number of anilines is 2. The maximum Gasteiger partial charge on any atom is 0.342 e. The van der Waals surface area contributed by atoms with Crippen LogP contribution in [-0.4, -0.2) is 29.0 Å². The minimum absolute atomic E-state index is 0.0198. The molecule has 2 aromatic carbocycles. The number of rotatable bonds is 7. The van der Waals surface area contributed by atoms with Crippen molar-refractivity contribution in [2.45, 2.75) is 59.5 Å². The fourth-order valence-corrected chi connectivity index (χ4v) is 2.97. The van der Waals surface area contributed by atoms with Crippen molar-refractivity contribution in [1.29, 1.82) is 0 Å². The summed E-state index contributed by atoms with van der Waals surface area (Å²) in [4.78, 5) is 36.3. The molecule has 0 aliphatic rings. The molecule has 0 aliphatic heterocycles. The number of aromatic hydroxyl groups is 1. The molecule has 0 fully saturated rings. The Bertz CT molecular complexity index is 965. The molecule has 0 aromatic heterocycles. The molecule has 2 aromatic rings. The number of phenolic OH excluding ortho intramolecular Hbond substituents is 1. The summed E-state index contributed by atoms with van der Waals surface area (Å²) in [6.07, 6.45) is -1.08. The highest BCUT2D eigenvalue weighted by Crippen LogP contribution is 2.33. The summed E-state index contributed by atoms with van der Waals surface area (Å²) in [5.41, 5.74) is 2.72. The molecule has 0 radical (unpaired) electrons. The zero-order chi connectivity index (χ0) is 23.3. The van der Waals surface area contributed by atoms with Gasteiger partial charge in [0.25, 0.3) is 5.91 Å². The van der Waals surface area contributed by atoms with Crippen molar-refractivity contribution in [2.75, 3.05) is 10.6 Å². The molecule has 0 spiro atoms. The molecule has 3 N–H and O–H groups in total. The average Bonchev–Trinajstić information content (AvgIpc) is 2.68. The number of esters is 1. The van der Waals surface area contributed by atoms with Gasteiger partial charge in [-0.1, -0.05) is 33.8 Å². The predicted octanol–water partition coefficient (Wildman–Crippen LogP) is 4.78. The number of hydrogen-bond donors (Lipinski definition) is 3. The van der Waals surface area contributed by atoms with Gasteiger partial charge in [0.2, 0.25) is 5.91 Å². The lowest BCUT2D eigenvalue weighted by atomic mass is 9.92. The van der Waals surface area contributed by atoms with Gasteiger partial charge in [0, 0.05) is 18.3 Å². The van der Waals surface area contributed by atoms with Crippen molar-refractivity contribution in [3.63, 3.8) is 0 Å². The Morgan fingerprint density at radius 3 is 1.90 bits per heavy atom. The fourth-order valence-electron chi connectivity index (χ4n) is 2.97. The van der Waals surface area contributed by atoms with E-state index in [1.165, 1.54) is 13.8 Å². The zero-order valence-corrected chi connectivity index (χ0v) is 18.8. The lowest BCUT2D eigenvalue weighted by Gasteiger charge is -2.18. The minimum atomic E-state index is -1.08. The number of benzene rings is 2. The van der Waals surface area contributed by atoms with Crippen LogP contribution in [0.15, 0.2) is 36.4 Å². The highest BCUT2D eigenvalue weighted by Gasteiger charge is 2.24. The molecule has 7 nitrogen and oxygen atoms in total. The van der Waals surface area contributed by atoms with Gasteiger partial charge in [-0.2, -0.15) is 0 Å². The molecule has 7 heteroatoms. The normalized spacial score (nSPS) is 11.9. The van der Waals surface area contributed by atoms with Gasteiger partial charge in [0.05, 0.1) is 0 Å². The summed E-state index contributed by atoms with van der Waals surface area (Å²) in [6.45, 7) is 10.7. The summed E-state index contributed by atoms with van der Waals surface area (Å²) in [6, 6.07) is 10.1. The van der Waals surface area contributed by atoms with E-state index in [-0.39, 0.29) is 29.1 Å². The van der Waals surface area contributed by atoms with Crippen LogP contribution in [0, 0.1) is 0 Å². The zero-order valence-electron chi connectivity index (χ0n) is 18.8. The van der Waals surface area contributed by atoms with Gasteiger partial charge < -0.3 is 20.5 Å². The Kier molecular flexibility index (Phi) is 7.80. The summed E-state index contributed by atoms with van der Waals surface area (Å²) in [5.74, 6) is -1.40. The van der Waals surface area contributed by atoms with Crippen LogP contribution < -0.4 is 10.6 Å². The monoisotopic (exact) mass is 426 g/mol. The first-order chi connectivity index (χ1) is 14.5. The maximum atomic E-state index is 12.7. The van der Waals surface area contributed by atoms with E-state index in [0.29, 0.717) is 16.9 Å². The molecule has 0 saturated carbocycles. The molecule has 1 unspecified atom stereocenters. The average molecular weight is 427 g/mol. The number of carbonyl (C=O) groups is 3. The fraction of sp³-hybridized carbons (Fsp3) is 0.375. The first-order valence-electron chi connectivity index (χ1n) is 10.3. The Labute approximate surface area is 182 Å². The van der Waals surface area contributed by atoms with E-state index in [4.69, 9.17) is 4.74 Å². The first kappa shape index (κ1) is 23.9. The Morgan fingerprint density at radius 2 is 1.42 bits per heavy atom. The van der Waals surface area contributed by atoms with Crippen molar-refractivity contribution in [2.24, 2.45) is 0 Å². The van der Waals surface area contributed by atoms with Crippen molar-refractivity contribution < 1.29 is 24.2 Å². The van der Waals surface area contributed by atoms with Gasteiger partial charge in [-0.15, -0.1) is 0 Å². The SMILES string of the molecule is CC(=O)Nc1ccc(NC(=O)C(C)OC(=O)c2cc(C(C)C)cc(C(C)C)c2O)cc1. The molecule has 0 bridgehead atoms. The van der Waals surface area contributed by atoms with Crippen molar-refractivity contribution >= 4 is 29.2 Å². The molecule has 2 amide bonds. The third-order valence-electron chi connectivity index (χ3n) is 4.80. The molecule has 0 saturated heterocycles. The maximum absolute atomic E-state index is 12.7. The molecular weight excluding hydrogens is 396 g/mol. The van der Waals surface area contributed by atoms with Crippen LogP contribution in [0.1, 0.15) is 74.9 Å². The first-order valence-corrected chi connectivity index (χ1v) is 10.3. The van der Waals surface area contributed by atoms with E-state index >= 15 is 0 Å². The van der Waals surface area contributed by atoms with E-state index in [2.05, 4.69) is 10.6 Å². The van der Waals surface area contributed by atoms with Gasteiger partial charge in [-0.25, -0.2) is 4.79 Å². The summed E-state index contributed by atoms with van der Waals surface area (Å²) >= 11 is 0.